The Morgan fingerprint density at radius 3 is 2.47 bits per heavy atom. The fourth-order valence-electron chi connectivity index (χ4n) is 1.09. The van der Waals surface area contributed by atoms with Crippen molar-refractivity contribution in [3.05, 3.63) is 24.3 Å². The van der Waals surface area contributed by atoms with Crippen LogP contribution >= 0.6 is 11.6 Å². The van der Waals surface area contributed by atoms with Crippen molar-refractivity contribution in [2.45, 2.75) is 31.7 Å². The Morgan fingerprint density at radius 1 is 1.47 bits per heavy atom. The highest BCUT2D eigenvalue weighted by atomic mass is 35.5. The van der Waals surface area contributed by atoms with E-state index in [1.165, 1.54) is 0 Å². The molecule has 1 aromatic rings. The Morgan fingerprint density at radius 2 is 2.00 bits per heavy atom. The van der Waals surface area contributed by atoms with Crippen molar-refractivity contribution in [3.8, 4) is 0 Å². The second kappa shape index (κ2) is 4.57. The summed E-state index contributed by atoms with van der Waals surface area (Å²) in [6.07, 6.45) is 3.28. The molecule has 1 heterocycles. The van der Waals surface area contributed by atoms with Crippen LogP contribution in [0.1, 0.15) is 26.6 Å². The predicted molar refractivity (Wildman–Crippen MR) is 58.5 cm³/mol. The molecule has 5 heteroatoms. The molecule has 0 radical (unpaired) electrons. The largest absolute Gasteiger partial charge is 0.343 e. The van der Waals surface area contributed by atoms with Gasteiger partial charge in [-0.25, -0.2) is 9.97 Å². The molecule has 0 saturated carbocycles. The van der Waals surface area contributed by atoms with Crippen LogP contribution in [0.5, 0.6) is 0 Å². The molecule has 0 aromatic carbocycles. The van der Waals surface area contributed by atoms with Crippen molar-refractivity contribution in [3.63, 3.8) is 0 Å². The van der Waals surface area contributed by atoms with E-state index in [4.69, 9.17) is 11.6 Å². The monoisotopic (exact) mass is 227 g/mol. The number of rotatable bonds is 3. The summed E-state index contributed by atoms with van der Waals surface area (Å²) in [5.74, 6) is 0.338. The van der Waals surface area contributed by atoms with Gasteiger partial charge in [0.15, 0.2) is 5.82 Å². The zero-order valence-electron chi connectivity index (χ0n) is 8.99. The van der Waals surface area contributed by atoms with Gasteiger partial charge in [0, 0.05) is 12.4 Å². The molecule has 1 unspecified atom stereocenters. The molecule has 0 saturated heterocycles. The van der Waals surface area contributed by atoms with Gasteiger partial charge in [-0.1, -0.05) is 0 Å². The molecule has 4 nitrogen and oxygen atoms in total. The molecule has 0 bridgehead atoms. The first-order valence-corrected chi connectivity index (χ1v) is 5.11. The fraction of sp³-hybridized carbons (Fsp3) is 0.500. The van der Waals surface area contributed by atoms with Crippen molar-refractivity contribution >= 4 is 17.5 Å². The van der Waals surface area contributed by atoms with Gasteiger partial charge in [-0.3, -0.25) is 4.79 Å². The van der Waals surface area contributed by atoms with Crippen LogP contribution in [0.15, 0.2) is 18.5 Å². The Labute approximate surface area is 94.1 Å². The lowest BCUT2D eigenvalue weighted by atomic mass is 10.0. The first-order chi connectivity index (χ1) is 6.93. The van der Waals surface area contributed by atoms with Gasteiger partial charge in [0.05, 0.1) is 5.54 Å². The quantitative estimate of drug-likeness (QED) is 0.796. The molecule has 82 valence electrons. The van der Waals surface area contributed by atoms with E-state index in [9.17, 15) is 4.79 Å². The van der Waals surface area contributed by atoms with Crippen LogP contribution in [-0.2, 0) is 10.3 Å². The smallest absolute Gasteiger partial charge is 0.238 e. The molecule has 0 spiro atoms. The third-order valence-electron chi connectivity index (χ3n) is 1.92. The summed E-state index contributed by atoms with van der Waals surface area (Å²) < 4.78 is 0. The molecule has 1 aromatic heterocycles. The Bertz CT molecular complexity index is 338. The number of carbonyl (C=O) groups excluding carboxylic acids is 1. The van der Waals surface area contributed by atoms with Crippen molar-refractivity contribution < 1.29 is 4.79 Å². The number of halogens is 1. The van der Waals surface area contributed by atoms with E-state index in [-0.39, 0.29) is 5.91 Å². The number of hydrogen-bond acceptors (Lipinski definition) is 3. The first-order valence-electron chi connectivity index (χ1n) is 4.67. The van der Waals surface area contributed by atoms with Crippen LogP contribution in [0.2, 0.25) is 0 Å². The van der Waals surface area contributed by atoms with Crippen LogP contribution in [0.3, 0.4) is 0 Å². The van der Waals surface area contributed by atoms with E-state index in [1.807, 2.05) is 13.8 Å². The van der Waals surface area contributed by atoms with Gasteiger partial charge < -0.3 is 5.32 Å². The third kappa shape index (κ3) is 3.16. The summed E-state index contributed by atoms with van der Waals surface area (Å²) in [5, 5.41) is 2.21. The first kappa shape index (κ1) is 11.9. The van der Waals surface area contributed by atoms with Gasteiger partial charge in [0.1, 0.15) is 5.38 Å². The summed E-state index contributed by atoms with van der Waals surface area (Å²) in [6.45, 7) is 5.29. The van der Waals surface area contributed by atoms with E-state index in [0.29, 0.717) is 5.82 Å². The number of amides is 1. The van der Waals surface area contributed by atoms with Crippen molar-refractivity contribution in [1.29, 1.82) is 0 Å². The number of nitrogens with one attached hydrogen (secondary N) is 1. The molecule has 0 aliphatic heterocycles. The molecule has 0 aliphatic carbocycles. The molecule has 1 atom stereocenters. The SMILES string of the molecule is CC(Cl)C(=O)NC(C)(C)c1ncccn1. The molecule has 15 heavy (non-hydrogen) atoms. The lowest BCUT2D eigenvalue weighted by Gasteiger charge is -2.24. The maximum Gasteiger partial charge on any atom is 0.238 e. The average Bonchev–Trinajstić information content (AvgIpc) is 2.18. The highest BCUT2D eigenvalue weighted by Gasteiger charge is 2.26. The standard InChI is InChI=1S/C10H14ClN3O/c1-7(11)8(15)14-10(2,3)9-12-5-4-6-13-9/h4-7H,1-3H3,(H,14,15). The number of aromatic nitrogens is 2. The number of alkyl halides is 1. The van der Waals surface area contributed by atoms with E-state index < -0.39 is 10.9 Å². The summed E-state index contributed by atoms with van der Waals surface area (Å²) in [5.41, 5.74) is -0.610. The van der Waals surface area contributed by atoms with E-state index in [1.54, 1.807) is 25.4 Å². The van der Waals surface area contributed by atoms with Crippen LogP contribution in [-0.4, -0.2) is 21.3 Å². The average molecular weight is 228 g/mol. The lowest BCUT2D eigenvalue weighted by Crippen LogP contribution is -2.44. The van der Waals surface area contributed by atoms with Crippen LogP contribution in [0, 0.1) is 0 Å². The topological polar surface area (TPSA) is 54.9 Å². The predicted octanol–water partition coefficient (Wildman–Crippen LogP) is 1.46. The highest BCUT2D eigenvalue weighted by Crippen LogP contribution is 2.15. The van der Waals surface area contributed by atoms with Crippen LogP contribution in [0.25, 0.3) is 0 Å². The number of nitrogens with zero attached hydrogens (tertiary/aromatic N) is 2. The number of hydrogen-bond donors (Lipinski definition) is 1. The van der Waals surface area contributed by atoms with Gasteiger partial charge >= 0.3 is 0 Å². The lowest BCUT2D eigenvalue weighted by molar-refractivity contribution is -0.122. The Balaban J connectivity index is 2.80. The molecule has 0 fully saturated rings. The molecule has 1 amide bonds. The Kier molecular flexibility index (Phi) is 3.63. The van der Waals surface area contributed by atoms with Crippen molar-refractivity contribution in [2.24, 2.45) is 0 Å². The minimum atomic E-state index is -0.610. The molecular formula is C10H14ClN3O. The van der Waals surface area contributed by atoms with Gasteiger partial charge in [0.25, 0.3) is 0 Å². The molecule has 1 rings (SSSR count). The zero-order chi connectivity index (χ0) is 11.5. The number of carbonyl (C=O) groups is 1. The molecule has 0 aliphatic rings. The van der Waals surface area contributed by atoms with Crippen LogP contribution < -0.4 is 5.32 Å². The van der Waals surface area contributed by atoms with Gasteiger partial charge in [0.2, 0.25) is 5.91 Å². The molecular weight excluding hydrogens is 214 g/mol. The van der Waals surface area contributed by atoms with Crippen molar-refractivity contribution in [1.82, 2.24) is 15.3 Å². The van der Waals surface area contributed by atoms with Crippen molar-refractivity contribution in [2.75, 3.05) is 0 Å². The van der Waals surface area contributed by atoms with E-state index >= 15 is 0 Å². The van der Waals surface area contributed by atoms with E-state index in [0.717, 1.165) is 0 Å². The maximum absolute atomic E-state index is 11.4. The molecule has 1 N–H and O–H groups in total. The normalized spacial score (nSPS) is 13.3. The minimum absolute atomic E-state index is 0.228. The van der Waals surface area contributed by atoms with Crippen LogP contribution in [0.4, 0.5) is 0 Å². The maximum atomic E-state index is 11.4. The van der Waals surface area contributed by atoms with E-state index in [2.05, 4.69) is 15.3 Å². The third-order valence-corrected chi connectivity index (χ3v) is 2.12. The fourth-order valence-corrected chi connectivity index (χ4v) is 1.14. The van der Waals surface area contributed by atoms with Gasteiger partial charge in [-0.05, 0) is 26.8 Å². The zero-order valence-corrected chi connectivity index (χ0v) is 9.75. The summed E-state index contributed by atoms with van der Waals surface area (Å²) in [6, 6.07) is 1.73. The summed E-state index contributed by atoms with van der Waals surface area (Å²) in [7, 11) is 0. The minimum Gasteiger partial charge on any atom is -0.343 e. The summed E-state index contributed by atoms with van der Waals surface area (Å²) in [4.78, 5) is 19.6. The highest BCUT2D eigenvalue weighted by molar-refractivity contribution is 6.30. The summed E-state index contributed by atoms with van der Waals surface area (Å²) >= 11 is 5.67. The van der Waals surface area contributed by atoms with Gasteiger partial charge in [-0.15, -0.1) is 11.6 Å². The second-order valence-electron chi connectivity index (χ2n) is 3.80. The Hall–Kier alpha value is -1.16. The second-order valence-corrected chi connectivity index (χ2v) is 4.46. The van der Waals surface area contributed by atoms with Gasteiger partial charge in [-0.2, -0.15) is 0 Å².